The van der Waals surface area contributed by atoms with Crippen LogP contribution in [0.25, 0.3) is 10.8 Å². The summed E-state index contributed by atoms with van der Waals surface area (Å²) in [5.74, 6) is 1.32. The first kappa shape index (κ1) is 12.7. The molecule has 5 rings (SSSR count). The van der Waals surface area contributed by atoms with Crippen molar-refractivity contribution in [3.8, 4) is 0 Å². The Labute approximate surface area is 129 Å². The third-order valence-corrected chi connectivity index (χ3v) is 5.76. The molecule has 3 heterocycles. The number of likely N-dealkylation sites (tertiary alicyclic amines) is 1. The quantitative estimate of drug-likeness (QED) is 0.808. The van der Waals surface area contributed by atoms with Gasteiger partial charge in [-0.2, -0.15) is 0 Å². The van der Waals surface area contributed by atoms with Crippen LogP contribution in [0, 0.1) is 11.8 Å². The molecule has 3 aliphatic heterocycles. The maximum absolute atomic E-state index is 13.0. The lowest BCUT2D eigenvalue weighted by Crippen LogP contribution is -2.31. The van der Waals surface area contributed by atoms with Gasteiger partial charge in [-0.05, 0) is 29.7 Å². The maximum Gasteiger partial charge on any atom is 0.254 e. The van der Waals surface area contributed by atoms with Crippen molar-refractivity contribution in [2.45, 2.75) is 25.0 Å². The van der Waals surface area contributed by atoms with Crippen LogP contribution < -0.4 is 0 Å². The molecule has 0 radical (unpaired) electrons. The van der Waals surface area contributed by atoms with E-state index in [9.17, 15) is 4.79 Å². The lowest BCUT2D eigenvalue weighted by molar-refractivity contribution is 0.0595. The third kappa shape index (κ3) is 1.69. The van der Waals surface area contributed by atoms with Crippen molar-refractivity contribution < 1.29 is 9.53 Å². The molecule has 112 valence electrons. The van der Waals surface area contributed by atoms with Gasteiger partial charge in [0.05, 0.1) is 12.2 Å². The van der Waals surface area contributed by atoms with Crippen molar-refractivity contribution in [2.75, 3.05) is 13.1 Å². The summed E-state index contributed by atoms with van der Waals surface area (Å²) >= 11 is 0. The Kier molecular flexibility index (Phi) is 2.62. The van der Waals surface area contributed by atoms with Crippen molar-refractivity contribution >= 4 is 16.7 Å². The molecule has 3 saturated heterocycles. The van der Waals surface area contributed by atoms with E-state index < -0.39 is 0 Å². The van der Waals surface area contributed by atoms with Gasteiger partial charge in [0.25, 0.3) is 5.91 Å². The normalized spacial score (nSPS) is 32.6. The zero-order chi connectivity index (χ0) is 14.7. The molecule has 0 saturated carbocycles. The molecule has 3 aliphatic rings. The van der Waals surface area contributed by atoms with Gasteiger partial charge >= 0.3 is 0 Å². The van der Waals surface area contributed by atoms with Crippen LogP contribution in [0.3, 0.4) is 0 Å². The SMILES string of the molecule is O=C(c1cccc2ccccc12)N1C[C@@H]2[C@@H](C1)[C@H]1CC[C@H]2O1. The zero-order valence-electron chi connectivity index (χ0n) is 12.4. The summed E-state index contributed by atoms with van der Waals surface area (Å²) in [4.78, 5) is 15.1. The zero-order valence-corrected chi connectivity index (χ0v) is 12.4. The summed E-state index contributed by atoms with van der Waals surface area (Å²) < 4.78 is 6.01. The highest BCUT2D eigenvalue weighted by molar-refractivity contribution is 6.07. The number of fused-ring (bicyclic) bond motifs is 6. The van der Waals surface area contributed by atoms with Crippen LogP contribution in [0.1, 0.15) is 23.2 Å². The average molecular weight is 293 g/mol. The lowest BCUT2D eigenvalue weighted by atomic mass is 9.82. The van der Waals surface area contributed by atoms with Crippen molar-refractivity contribution in [3.05, 3.63) is 48.0 Å². The van der Waals surface area contributed by atoms with E-state index in [1.807, 2.05) is 30.3 Å². The molecule has 0 unspecified atom stereocenters. The van der Waals surface area contributed by atoms with E-state index in [0.717, 1.165) is 29.4 Å². The molecule has 0 aromatic heterocycles. The number of hydrogen-bond donors (Lipinski definition) is 0. The first-order valence-corrected chi connectivity index (χ1v) is 8.24. The molecule has 0 spiro atoms. The lowest BCUT2D eigenvalue weighted by Gasteiger charge is -2.19. The van der Waals surface area contributed by atoms with E-state index in [0.29, 0.717) is 24.0 Å². The van der Waals surface area contributed by atoms with E-state index in [1.54, 1.807) is 0 Å². The Balaban J connectivity index is 1.47. The third-order valence-electron chi connectivity index (χ3n) is 5.76. The van der Waals surface area contributed by atoms with Crippen molar-refractivity contribution in [1.29, 1.82) is 0 Å². The molecule has 2 aromatic rings. The maximum atomic E-state index is 13.0. The molecule has 2 aromatic carbocycles. The van der Waals surface area contributed by atoms with Crippen LogP contribution in [0.2, 0.25) is 0 Å². The van der Waals surface area contributed by atoms with E-state index >= 15 is 0 Å². The Morgan fingerprint density at radius 3 is 2.41 bits per heavy atom. The summed E-state index contributed by atoms with van der Waals surface area (Å²) in [5.41, 5.74) is 0.839. The molecular weight excluding hydrogens is 274 g/mol. The average Bonchev–Trinajstić information content (AvgIpc) is 3.26. The first-order chi connectivity index (χ1) is 10.8. The fourth-order valence-electron chi connectivity index (χ4n) is 4.71. The van der Waals surface area contributed by atoms with Crippen LogP contribution in [-0.2, 0) is 4.74 Å². The standard InChI is InChI=1S/C19H19NO2/c21-19(14-7-3-5-12-4-1-2-6-13(12)14)20-10-15-16(11-20)18-9-8-17(15)22-18/h1-7,15-18H,8-11H2/t15-,16-,17-,18-/m1/s1. The predicted octanol–water partition coefficient (Wildman–Crippen LogP) is 3.09. The van der Waals surface area contributed by atoms with Crippen LogP contribution in [0.4, 0.5) is 0 Å². The smallest absolute Gasteiger partial charge is 0.254 e. The van der Waals surface area contributed by atoms with Crippen LogP contribution in [0.5, 0.6) is 0 Å². The van der Waals surface area contributed by atoms with Crippen LogP contribution in [-0.4, -0.2) is 36.1 Å². The van der Waals surface area contributed by atoms with Gasteiger partial charge in [-0.3, -0.25) is 4.79 Å². The van der Waals surface area contributed by atoms with Crippen molar-refractivity contribution in [3.63, 3.8) is 0 Å². The molecule has 2 bridgehead atoms. The molecule has 3 fully saturated rings. The highest BCUT2D eigenvalue weighted by Crippen LogP contribution is 2.47. The molecule has 0 N–H and O–H groups in total. The topological polar surface area (TPSA) is 29.5 Å². The van der Waals surface area contributed by atoms with Crippen LogP contribution >= 0.6 is 0 Å². The van der Waals surface area contributed by atoms with Crippen molar-refractivity contribution in [1.82, 2.24) is 4.90 Å². The van der Waals surface area contributed by atoms with E-state index in [2.05, 4.69) is 17.0 Å². The predicted molar refractivity (Wildman–Crippen MR) is 84.7 cm³/mol. The first-order valence-electron chi connectivity index (χ1n) is 8.24. The summed E-state index contributed by atoms with van der Waals surface area (Å²) in [7, 11) is 0. The second-order valence-electron chi connectivity index (χ2n) is 6.85. The molecule has 0 aliphatic carbocycles. The highest BCUT2D eigenvalue weighted by atomic mass is 16.5. The Morgan fingerprint density at radius 1 is 0.955 bits per heavy atom. The molecule has 3 nitrogen and oxygen atoms in total. The van der Waals surface area contributed by atoms with E-state index in [1.165, 1.54) is 12.8 Å². The van der Waals surface area contributed by atoms with Crippen LogP contribution in [0.15, 0.2) is 42.5 Å². The molecule has 3 heteroatoms. The number of hydrogen-bond acceptors (Lipinski definition) is 2. The number of rotatable bonds is 1. The second kappa shape index (κ2) is 4.56. The number of amides is 1. The number of carbonyl (C=O) groups excluding carboxylic acids is 1. The van der Waals surface area contributed by atoms with E-state index in [-0.39, 0.29) is 5.91 Å². The second-order valence-corrected chi connectivity index (χ2v) is 6.85. The number of carbonyl (C=O) groups is 1. The van der Waals surface area contributed by atoms with E-state index in [4.69, 9.17) is 4.74 Å². The number of benzene rings is 2. The van der Waals surface area contributed by atoms with Gasteiger partial charge < -0.3 is 9.64 Å². The van der Waals surface area contributed by atoms with Gasteiger partial charge in [0, 0.05) is 30.5 Å². The van der Waals surface area contributed by atoms with Gasteiger partial charge in [-0.1, -0.05) is 36.4 Å². The summed E-state index contributed by atoms with van der Waals surface area (Å²) in [6.45, 7) is 1.74. The summed E-state index contributed by atoms with van der Waals surface area (Å²) in [6.07, 6.45) is 3.17. The van der Waals surface area contributed by atoms with Gasteiger partial charge in [0.1, 0.15) is 0 Å². The monoisotopic (exact) mass is 293 g/mol. The van der Waals surface area contributed by atoms with Gasteiger partial charge in [0.15, 0.2) is 0 Å². The van der Waals surface area contributed by atoms with Gasteiger partial charge in [0.2, 0.25) is 0 Å². The molecule has 1 amide bonds. The Morgan fingerprint density at radius 2 is 1.64 bits per heavy atom. The minimum absolute atomic E-state index is 0.186. The fraction of sp³-hybridized carbons (Fsp3) is 0.421. The summed E-state index contributed by atoms with van der Waals surface area (Å²) in [6, 6.07) is 14.2. The molecule has 4 atom stereocenters. The van der Waals surface area contributed by atoms with Gasteiger partial charge in [-0.15, -0.1) is 0 Å². The Hall–Kier alpha value is -1.87. The Bertz CT molecular complexity index is 733. The molecular formula is C19H19NO2. The fourth-order valence-corrected chi connectivity index (χ4v) is 4.71. The highest BCUT2D eigenvalue weighted by Gasteiger charge is 2.53. The minimum Gasteiger partial charge on any atom is -0.374 e. The largest absolute Gasteiger partial charge is 0.374 e. The molecule has 22 heavy (non-hydrogen) atoms. The number of nitrogens with zero attached hydrogens (tertiary/aromatic N) is 1. The number of ether oxygens (including phenoxy) is 1. The van der Waals surface area contributed by atoms with Gasteiger partial charge in [-0.25, -0.2) is 0 Å². The summed E-state index contributed by atoms with van der Waals surface area (Å²) in [5, 5.41) is 2.20. The minimum atomic E-state index is 0.186. The van der Waals surface area contributed by atoms with Crippen molar-refractivity contribution in [2.24, 2.45) is 11.8 Å².